The number of aryl methyl sites for hydroxylation is 2. The first-order valence-corrected chi connectivity index (χ1v) is 9.73. The summed E-state index contributed by atoms with van der Waals surface area (Å²) in [6.07, 6.45) is 1.69. The van der Waals surface area contributed by atoms with Crippen molar-refractivity contribution in [2.45, 2.75) is 46.7 Å². The molecule has 1 heterocycles. The third-order valence-corrected chi connectivity index (χ3v) is 4.64. The highest BCUT2D eigenvalue weighted by molar-refractivity contribution is 9.10. The standard InChI is InChI=1S/C19H27BrN4O2/c1-5-16-14(17(6-2)26-24-16)12-23-19(21-7-3)22-11-13-8-9-18(25-4)15(20)10-13/h8-10H,5-7,11-12H2,1-4H3,(H2,21,22,23). The Labute approximate surface area is 163 Å². The molecule has 0 aliphatic carbocycles. The van der Waals surface area contributed by atoms with Gasteiger partial charge in [-0.1, -0.05) is 25.1 Å². The minimum atomic E-state index is 0.572. The van der Waals surface area contributed by atoms with E-state index in [1.807, 2.05) is 18.2 Å². The number of hydrogen-bond acceptors (Lipinski definition) is 4. The fraction of sp³-hybridized carbons (Fsp3) is 0.474. The van der Waals surface area contributed by atoms with Gasteiger partial charge in [-0.3, -0.25) is 0 Å². The number of nitrogens with zero attached hydrogens (tertiary/aromatic N) is 2. The lowest BCUT2D eigenvalue weighted by Gasteiger charge is -2.12. The van der Waals surface area contributed by atoms with Crippen molar-refractivity contribution in [2.75, 3.05) is 13.7 Å². The van der Waals surface area contributed by atoms with E-state index in [1.54, 1.807) is 7.11 Å². The van der Waals surface area contributed by atoms with Gasteiger partial charge in [0.1, 0.15) is 11.5 Å². The fourth-order valence-corrected chi connectivity index (χ4v) is 3.22. The van der Waals surface area contributed by atoms with E-state index in [0.29, 0.717) is 13.1 Å². The van der Waals surface area contributed by atoms with Crippen LogP contribution in [0, 0.1) is 0 Å². The number of nitrogens with one attached hydrogen (secondary N) is 2. The molecule has 2 rings (SSSR count). The van der Waals surface area contributed by atoms with Crippen LogP contribution in [0.2, 0.25) is 0 Å². The Morgan fingerprint density at radius 1 is 1.23 bits per heavy atom. The third-order valence-electron chi connectivity index (χ3n) is 4.02. The van der Waals surface area contributed by atoms with Crippen molar-refractivity contribution < 1.29 is 9.26 Å². The maximum atomic E-state index is 5.43. The van der Waals surface area contributed by atoms with Crippen LogP contribution in [-0.4, -0.2) is 24.8 Å². The summed E-state index contributed by atoms with van der Waals surface area (Å²) in [7, 11) is 1.66. The first-order chi connectivity index (χ1) is 12.6. The van der Waals surface area contributed by atoms with E-state index in [1.165, 1.54) is 0 Å². The molecule has 0 atom stereocenters. The van der Waals surface area contributed by atoms with Crippen LogP contribution in [0.4, 0.5) is 0 Å². The van der Waals surface area contributed by atoms with E-state index >= 15 is 0 Å². The molecule has 0 unspecified atom stereocenters. The number of benzene rings is 1. The van der Waals surface area contributed by atoms with Crippen LogP contribution in [0.5, 0.6) is 5.75 Å². The topological polar surface area (TPSA) is 71.7 Å². The van der Waals surface area contributed by atoms with Gasteiger partial charge in [0.2, 0.25) is 0 Å². The number of rotatable bonds is 8. The summed E-state index contributed by atoms with van der Waals surface area (Å²) >= 11 is 3.51. The minimum Gasteiger partial charge on any atom is -0.496 e. The highest BCUT2D eigenvalue weighted by Gasteiger charge is 2.13. The number of hydrogen-bond donors (Lipinski definition) is 2. The van der Waals surface area contributed by atoms with Crippen LogP contribution >= 0.6 is 15.9 Å². The van der Waals surface area contributed by atoms with Crippen LogP contribution in [0.1, 0.15) is 43.4 Å². The lowest BCUT2D eigenvalue weighted by atomic mass is 10.1. The summed E-state index contributed by atoms with van der Waals surface area (Å²) in [5, 5.41) is 10.8. The van der Waals surface area contributed by atoms with Crippen LogP contribution in [0.3, 0.4) is 0 Å². The lowest BCUT2D eigenvalue weighted by Crippen LogP contribution is -2.37. The Morgan fingerprint density at radius 2 is 2.04 bits per heavy atom. The molecule has 0 radical (unpaired) electrons. The van der Waals surface area contributed by atoms with Gasteiger partial charge in [-0.25, -0.2) is 4.99 Å². The summed E-state index contributed by atoms with van der Waals surface area (Å²) in [5.74, 6) is 2.52. The Bertz CT molecular complexity index is 722. The number of halogens is 1. The van der Waals surface area contributed by atoms with Crippen LogP contribution in [0.25, 0.3) is 0 Å². The van der Waals surface area contributed by atoms with Gasteiger partial charge in [0.15, 0.2) is 5.96 Å². The van der Waals surface area contributed by atoms with Crippen LogP contribution in [-0.2, 0) is 25.9 Å². The molecule has 0 spiro atoms. The molecule has 0 fully saturated rings. The molecule has 0 amide bonds. The largest absolute Gasteiger partial charge is 0.496 e. The normalized spacial score (nSPS) is 11.5. The van der Waals surface area contributed by atoms with E-state index in [-0.39, 0.29) is 0 Å². The minimum absolute atomic E-state index is 0.572. The van der Waals surface area contributed by atoms with Crippen molar-refractivity contribution in [3.8, 4) is 5.75 Å². The number of methoxy groups -OCH3 is 1. The third kappa shape index (κ3) is 5.24. The smallest absolute Gasteiger partial charge is 0.191 e. The lowest BCUT2D eigenvalue weighted by molar-refractivity contribution is 0.380. The van der Waals surface area contributed by atoms with Crippen molar-refractivity contribution in [3.63, 3.8) is 0 Å². The summed E-state index contributed by atoms with van der Waals surface area (Å²) in [4.78, 5) is 4.67. The molecule has 0 saturated carbocycles. The van der Waals surface area contributed by atoms with E-state index in [2.05, 4.69) is 57.5 Å². The number of aliphatic imine (C=N–C) groups is 1. The Morgan fingerprint density at radius 3 is 2.65 bits per heavy atom. The van der Waals surface area contributed by atoms with Crippen LogP contribution < -0.4 is 15.4 Å². The van der Waals surface area contributed by atoms with E-state index in [9.17, 15) is 0 Å². The highest BCUT2D eigenvalue weighted by Crippen LogP contribution is 2.25. The molecule has 26 heavy (non-hydrogen) atoms. The second kappa shape index (κ2) is 10.2. The molecule has 2 aromatic rings. The van der Waals surface area contributed by atoms with Crippen molar-refractivity contribution in [2.24, 2.45) is 4.99 Å². The highest BCUT2D eigenvalue weighted by atomic mass is 79.9. The van der Waals surface area contributed by atoms with Gasteiger partial charge in [0.25, 0.3) is 0 Å². The predicted molar refractivity (Wildman–Crippen MR) is 108 cm³/mol. The average molecular weight is 423 g/mol. The first kappa shape index (κ1) is 20.3. The molecule has 7 heteroatoms. The number of ether oxygens (including phenoxy) is 1. The van der Waals surface area contributed by atoms with Gasteiger partial charge < -0.3 is 19.9 Å². The molecule has 0 aliphatic heterocycles. The molecule has 142 valence electrons. The SMILES string of the molecule is CCNC(=NCc1ccc(OC)c(Br)c1)NCc1c(CC)noc1CC. The average Bonchev–Trinajstić information content (AvgIpc) is 3.06. The van der Waals surface area contributed by atoms with E-state index in [0.717, 1.165) is 58.1 Å². The Balaban J connectivity index is 2.07. The van der Waals surface area contributed by atoms with Crippen LogP contribution in [0.15, 0.2) is 32.2 Å². The van der Waals surface area contributed by atoms with E-state index < -0.39 is 0 Å². The zero-order valence-corrected chi connectivity index (χ0v) is 17.4. The van der Waals surface area contributed by atoms with E-state index in [4.69, 9.17) is 9.26 Å². The van der Waals surface area contributed by atoms with Crippen molar-refractivity contribution in [1.82, 2.24) is 15.8 Å². The monoisotopic (exact) mass is 422 g/mol. The predicted octanol–water partition coefficient (Wildman–Crippen LogP) is 3.83. The molecular weight excluding hydrogens is 396 g/mol. The Hall–Kier alpha value is -2.02. The maximum Gasteiger partial charge on any atom is 0.191 e. The van der Waals surface area contributed by atoms with Gasteiger partial charge in [-0.15, -0.1) is 0 Å². The van der Waals surface area contributed by atoms with Gasteiger partial charge >= 0.3 is 0 Å². The molecule has 0 bridgehead atoms. The summed E-state index contributed by atoms with van der Waals surface area (Å²) in [5.41, 5.74) is 3.24. The number of guanidine groups is 1. The molecule has 0 saturated heterocycles. The molecule has 1 aromatic carbocycles. The molecule has 2 N–H and O–H groups in total. The van der Waals surface area contributed by atoms with Gasteiger partial charge in [0, 0.05) is 25.1 Å². The molecule has 1 aromatic heterocycles. The second-order valence-corrected chi connectivity index (χ2v) is 6.61. The summed E-state index contributed by atoms with van der Waals surface area (Å²) in [6, 6.07) is 5.98. The zero-order valence-electron chi connectivity index (χ0n) is 15.9. The van der Waals surface area contributed by atoms with Gasteiger partial charge in [-0.05, 0) is 47.0 Å². The number of aromatic nitrogens is 1. The summed E-state index contributed by atoms with van der Waals surface area (Å²) < 4.78 is 11.6. The maximum absolute atomic E-state index is 5.43. The molecule has 6 nitrogen and oxygen atoms in total. The zero-order chi connectivity index (χ0) is 18.9. The first-order valence-electron chi connectivity index (χ1n) is 8.93. The fourth-order valence-electron chi connectivity index (χ4n) is 2.63. The Kier molecular flexibility index (Phi) is 7.97. The molecule has 0 aliphatic rings. The van der Waals surface area contributed by atoms with Crippen molar-refractivity contribution in [3.05, 3.63) is 45.3 Å². The van der Waals surface area contributed by atoms with Gasteiger partial charge in [0.05, 0.1) is 23.8 Å². The molecular formula is C19H27BrN4O2. The van der Waals surface area contributed by atoms with Gasteiger partial charge in [-0.2, -0.15) is 0 Å². The van der Waals surface area contributed by atoms with Crippen molar-refractivity contribution >= 4 is 21.9 Å². The van der Waals surface area contributed by atoms with Crippen molar-refractivity contribution in [1.29, 1.82) is 0 Å². The summed E-state index contributed by atoms with van der Waals surface area (Å²) in [6.45, 7) is 8.22. The quantitative estimate of drug-likeness (QED) is 0.499. The second-order valence-electron chi connectivity index (χ2n) is 5.76.